The third-order valence-corrected chi connectivity index (χ3v) is 6.08. The summed E-state index contributed by atoms with van der Waals surface area (Å²) in [5.74, 6) is -2.16. The van der Waals surface area contributed by atoms with E-state index in [1.807, 2.05) is 56.3 Å². The van der Waals surface area contributed by atoms with Crippen LogP contribution in [0, 0.1) is 5.92 Å². The molecule has 2 atom stereocenters. The quantitative estimate of drug-likeness (QED) is 0.450. The van der Waals surface area contributed by atoms with Gasteiger partial charge in [-0.2, -0.15) is 0 Å². The highest BCUT2D eigenvalue weighted by molar-refractivity contribution is 5.86. The second kappa shape index (κ2) is 11.5. The van der Waals surface area contributed by atoms with Crippen LogP contribution in [0.15, 0.2) is 60.2 Å². The van der Waals surface area contributed by atoms with Gasteiger partial charge in [0.15, 0.2) is 0 Å². The number of ether oxygens (including phenoxy) is 1. The summed E-state index contributed by atoms with van der Waals surface area (Å²) in [7, 11) is 0. The topological polar surface area (TPSA) is 105 Å². The molecule has 2 aromatic carbocycles. The summed E-state index contributed by atoms with van der Waals surface area (Å²) in [6.45, 7) is 5.70. The predicted molar refractivity (Wildman–Crippen MR) is 130 cm³/mol. The lowest BCUT2D eigenvalue weighted by molar-refractivity contribution is -0.141. The molecule has 7 nitrogen and oxygen atoms in total. The maximum Gasteiger partial charge on any atom is 0.407 e. The molecule has 0 bridgehead atoms. The van der Waals surface area contributed by atoms with Crippen LogP contribution in [-0.4, -0.2) is 42.3 Å². The minimum Gasteiger partial charge on any atom is -0.481 e. The summed E-state index contributed by atoms with van der Waals surface area (Å²) in [6.07, 6.45) is 1.84. The van der Waals surface area contributed by atoms with E-state index in [-0.39, 0.29) is 25.5 Å². The molecule has 0 heterocycles. The molecule has 2 amide bonds. The van der Waals surface area contributed by atoms with Crippen LogP contribution in [0.3, 0.4) is 0 Å². The smallest absolute Gasteiger partial charge is 0.407 e. The maximum atomic E-state index is 12.7. The molecule has 0 saturated heterocycles. The molecule has 0 fully saturated rings. The molecule has 0 radical (unpaired) electrons. The van der Waals surface area contributed by atoms with Crippen molar-refractivity contribution in [2.24, 2.45) is 5.92 Å². The second-order valence-corrected chi connectivity index (χ2v) is 8.73. The number of rotatable bonds is 10. The number of fused-ring (bicyclic) bond motifs is 3. The van der Waals surface area contributed by atoms with E-state index in [1.165, 1.54) is 0 Å². The van der Waals surface area contributed by atoms with Crippen LogP contribution in [-0.2, 0) is 14.3 Å². The Morgan fingerprint density at radius 3 is 2.15 bits per heavy atom. The van der Waals surface area contributed by atoms with Gasteiger partial charge >= 0.3 is 12.1 Å². The van der Waals surface area contributed by atoms with Crippen LogP contribution in [0.25, 0.3) is 11.1 Å². The van der Waals surface area contributed by atoms with Crippen LogP contribution in [0.5, 0.6) is 0 Å². The molecule has 0 spiro atoms. The molecule has 3 N–H and O–H groups in total. The van der Waals surface area contributed by atoms with Gasteiger partial charge < -0.3 is 20.5 Å². The van der Waals surface area contributed by atoms with Crippen LogP contribution in [0.2, 0.25) is 0 Å². The SMILES string of the molecule is CCC(CNC(=O)C(CC=C(C)C)NC(=O)OCC1c2ccccc2-c2ccccc21)C(=O)O. The van der Waals surface area contributed by atoms with E-state index in [1.54, 1.807) is 6.92 Å². The number of allylic oxidation sites excluding steroid dienone is 1. The lowest BCUT2D eigenvalue weighted by Gasteiger charge is -2.20. The molecular formula is C27H32N2O5. The Bertz CT molecular complexity index is 1030. The predicted octanol–water partition coefficient (Wildman–Crippen LogP) is 4.48. The minimum absolute atomic E-state index is 0.00234. The molecule has 2 unspecified atom stereocenters. The van der Waals surface area contributed by atoms with Gasteiger partial charge in [0.2, 0.25) is 5.91 Å². The Morgan fingerprint density at radius 2 is 1.62 bits per heavy atom. The highest BCUT2D eigenvalue weighted by Crippen LogP contribution is 2.44. The van der Waals surface area contributed by atoms with Crippen LogP contribution in [0.4, 0.5) is 4.79 Å². The number of carboxylic acids is 1. The number of carboxylic acid groups (broad SMARTS) is 1. The van der Waals surface area contributed by atoms with Crippen LogP contribution >= 0.6 is 0 Å². The number of nitrogens with one attached hydrogen (secondary N) is 2. The molecule has 0 aliphatic heterocycles. The van der Waals surface area contributed by atoms with E-state index in [9.17, 15) is 19.5 Å². The van der Waals surface area contributed by atoms with Gasteiger partial charge in [-0.05, 0) is 48.9 Å². The Labute approximate surface area is 200 Å². The summed E-state index contributed by atoms with van der Waals surface area (Å²) in [4.78, 5) is 36.6. The molecule has 0 aromatic heterocycles. The number of amides is 2. The summed E-state index contributed by atoms with van der Waals surface area (Å²) < 4.78 is 5.57. The monoisotopic (exact) mass is 464 g/mol. The largest absolute Gasteiger partial charge is 0.481 e. The van der Waals surface area contributed by atoms with E-state index in [4.69, 9.17) is 4.74 Å². The van der Waals surface area contributed by atoms with Crippen molar-refractivity contribution in [1.29, 1.82) is 0 Å². The summed E-state index contributed by atoms with van der Waals surface area (Å²) >= 11 is 0. The fraction of sp³-hybridized carbons (Fsp3) is 0.370. The minimum atomic E-state index is -0.965. The van der Waals surface area contributed by atoms with Crippen molar-refractivity contribution in [2.75, 3.05) is 13.2 Å². The Morgan fingerprint density at radius 1 is 1.03 bits per heavy atom. The molecule has 1 aliphatic carbocycles. The zero-order chi connectivity index (χ0) is 24.7. The number of alkyl carbamates (subject to hydrolysis) is 1. The number of benzene rings is 2. The maximum absolute atomic E-state index is 12.7. The van der Waals surface area contributed by atoms with E-state index in [0.717, 1.165) is 27.8 Å². The number of aliphatic carboxylic acids is 1. The van der Waals surface area contributed by atoms with Crippen molar-refractivity contribution in [3.8, 4) is 11.1 Å². The molecule has 34 heavy (non-hydrogen) atoms. The number of hydrogen-bond acceptors (Lipinski definition) is 4. The Kier molecular flexibility index (Phi) is 8.46. The van der Waals surface area contributed by atoms with E-state index < -0.39 is 29.9 Å². The van der Waals surface area contributed by atoms with E-state index in [2.05, 4.69) is 22.8 Å². The molecule has 1 aliphatic rings. The first-order chi connectivity index (χ1) is 16.3. The third-order valence-electron chi connectivity index (χ3n) is 6.08. The summed E-state index contributed by atoms with van der Waals surface area (Å²) in [5.41, 5.74) is 5.49. The van der Waals surface area contributed by atoms with Crippen molar-refractivity contribution < 1.29 is 24.2 Å². The molecule has 7 heteroatoms. The third kappa shape index (κ3) is 6.04. The fourth-order valence-corrected chi connectivity index (χ4v) is 4.12. The molecule has 0 saturated carbocycles. The van der Waals surface area contributed by atoms with Crippen molar-refractivity contribution in [1.82, 2.24) is 10.6 Å². The van der Waals surface area contributed by atoms with Gasteiger partial charge in [-0.3, -0.25) is 9.59 Å². The van der Waals surface area contributed by atoms with Crippen LogP contribution < -0.4 is 10.6 Å². The molecule has 2 aromatic rings. The first-order valence-corrected chi connectivity index (χ1v) is 11.6. The summed E-state index contributed by atoms with van der Waals surface area (Å²) in [5, 5.41) is 14.5. The van der Waals surface area contributed by atoms with Crippen molar-refractivity contribution in [3.63, 3.8) is 0 Å². The highest BCUT2D eigenvalue weighted by Gasteiger charge is 2.30. The van der Waals surface area contributed by atoms with Gasteiger partial charge in [-0.1, -0.05) is 67.1 Å². The van der Waals surface area contributed by atoms with Gasteiger partial charge in [0.25, 0.3) is 0 Å². The van der Waals surface area contributed by atoms with Gasteiger partial charge in [0, 0.05) is 12.5 Å². The lowest BCUT2D eigenvalue weighted by atomic mass is 9.98. The standard InChI is InChI=1S/C27H32N2O5/c1-4-18(26(31)32)15-28-25(30)24(14-13-17(2)3)29-27(33)34-16-23-21-11-7-5-9-19(21)20-10-6-8-12-22(20)23/h5-13,18,23-24H,4,14-16H2,1-3H3,(H,28,30)(H,29,33)(H,31,32). The second-order valence-electron chi connectivity index (χ2n) is 8.73. The van der Waals surface area contributed by atoms with Gasteiger partial charge in [0.05, 0.1) is 5.92 Å². The highest BCUT2D eigenvalue weighted by atomic mass is 16.5. The Hall–Kier alpha value is -3.61. The zero-order valence-corrected chi connectivity index (χ0v) is 19.8. The zero-order valence-electron chi connectivity index (χ0n) is 19.8. The Balaban J connectivity index is 1.65. The number of carbonyl (C=O) groups is 3. The molecule has 180 valence electrons. The van der Waals surface area contributed by atoms with Crippen LogP contribution in [0.1, 0.15) is 50.7 Å². The molecular weight excluding hydrogens is 432 g/mol. The van der Waals surface area contributed by atoms with Crippen molar-refractivity contribution >= 4 is 18.0 Å². The first-order valence-electron chi connectivity index (χ1n) is 11.6. The fourth-order valence-electron chi connectivity index (χ4n) is 4.12. The average molecular weight is 465 g/mol. The van der Waals surface area contributed by atoms with Gasteiger partial charge in [-0.15, -0.1) is 0 Å². The number of hydrogen-bond donors (Lipinski definition) is 3. The van der Waals surface area contributed by atoms with Gasteiger partial charge in [0.1, 0.15) is 12.6 Å². The van der Waals surface area contributed by atoms with Crippen molar-refractivity contribution in [2.45, 2.75) is 45.6 Å². The summed E-state index contributed by atoms with van der Waals surface area (Å²) in [6, 6.07) is 15.3. The van der Waals surface area contributed by atoms with Crippen molar-refractivity contribution in [3.05, 3.63) is 71.3 Å². The van der Waals surface area contributed by atoms with Gasteiger partial charge in [-0.25, -0.2) is 4.79 Å². The lowest BCUT2D eigenvalue weighted by Crippen LogP contribution is -2.48. The average Bonchev–Trinajstić information content (AvgIpc) is 3.14. The first kappa shape index (κ1) is 25.0. The number of carbonyl (C=O) groups excluding carboxylic acids is 2. The van der Waals surface area contributed by atoms with E-state index in [0.29, 0.717) is 6.42 Å². The normalized spacial score (nSPS) is 13.7. The van der Waals surface area contributed by atoms with E-state index >= 15 is 0 Å². The molecule has 3 rings (SSSR count).